The molecule has 31 heavy (non-hydrogen) atoms. The number of hydrogen-bond donors (Lipinski definition) is 2. The third-order valence-corrected chi connectivity index (χ3v) is 5.31. The van der Waals surface area contributed by atoms with Crippen molar-refractivity contribution in [2.45, 2.75) is 0 Å². The maximum absolute atomic E-state index is 13.8. The summed E-state index contributed by atoms with van der Waals surface area (Å²) < 4.78 is 13.8. The average molecular weight is 406 g/mol. The molecule has 0 aliphatic rings. The molecule has 5 aromatic heterocycles. The van der Waals surface area contributed by atoms with Crippen molar-refractivity contribution >= 4 is 22.1 Å². The lowest BCUT2D eigenvalue weighted by Gasteiger charge is -2.02. The van der Waals surface area contributed by atoms with Crippen LogP contribution < -0.4 is 0 Å². The minimum absolute atomic E-state index is 0.272. The summed E-state index contributed by atoms with van der Waals surface area (Å²) in [5, 5.41) is 9.21. The first-order valence-electron chi connectivity index (χ1n) is 9.76. The number of halogens is 1. The Morgan fingerprint density at radius 3 is 2.61 bits per heavy atom. The van der Waals surface area contributed by atoms with Crippen LogP contribution in [0.3, 0.4) is 0 Å². The molecule has 0 aliphatic carbocycles. The third-order valence-electron chi connectivity index (χ3n) is 5.31. The molecule has 6 nitrogen and oxygen atoms in total. The molecule has 0 fully saturated rings. The molecule has 0 unspecified atom stereocenters. The summed E-state index contributed by atoms with van der Waals surface area (Å²) in [4.78, 5) is 16.7. The number of aromatic amines is 2. The van der Waals surface area contributed by atoms with Crippen LogP contribution in [0, 0.1) is 5.82 Å². The van der Waals surface area contributed by atoms with E-state index in [1.807, 2.05) is 42.5 Å². The van der Waals surface area contributed by atoms with E-state index in [4.69, 9.17) is 0 Å². The Hall–Kier alpha value is -4.39. The Labute approximate surface area is 175 Å². The summed E-state index contributed by atoms with van der Waals surface area (Å²) in [5.74, 6) is -0.272. The van der Waals surface area contributed by atoms with Crippen molar-refractivity contribution in [1.29, 1.82) is 0 Å². The highest BCUT2D eigenvalue weighted by molar-refractivity contribution is 5.99. The van der Waals surface area contributed by atoms with E-state index in [1.54, 1.807) is 24.7 Å². The molecule has 0 saturated heterocycles. The predicted molar refractivity (Wildman–Crippen MR) is 118 cm³/mol. The van der Waals surface area contributed by atoms with E-state index in [0.717, 1.165) is 44.5 Å². The fourth-order valence-electron chi connectivity index (χ4n) is 3.85. The second kappa shape index (κ2) is 6.84. The number of nitrogens with zero attached hydrogens (tertiary/aromatic N) is 4. The number of H-pyrrole nitrogens is 2. The van der Waals surface area contributed by atoms with E-state index in [0.29, 0.717) is 11.3 Å². The van der Waals surface area contributed by atoms with E-state index in [9.17, 15) is 4.39 Å². The van der Waals surface area contributed by atoms with Gasteiger partial charge in [-0.3, -0.25) is 10.1 Å². The first-order chi connectivity index (χ1) is 15.3. The summed E-state index contributed by atoms with van der Waals surface area (Å²) in [6, 6.07) is 18.2. The first-order valence-corrected chi connectivity index (χ1v) is 9.76. The molecule has 0 spiro atoms. The first kappa shape index (κ1) is 17.5. The number of pyridine rings is 3. The highest BCUT2D eigenvalue weighted by atomic mass is 19.1. The van der Waals surface area contributed by atoms with E-state index in [-0.39, 0.29) is 5.82 Å². The summed E-state index contributed by atoms with van der Waals surface area (Å²) in [7, 11) is 0. The molecule has 1 aromatic carbocycles. The molecule has 0 radical (unpaired) electrons. The van der Waals surface area contributed by atoms with Crippen LogP contribution in [0.25, 0.3) is 55.8 Å². The van der Waals surface area contributed by atoms with Crippen LogP contribution in [0.1, 0.15) is 0 Å². The maximum Gasteiger partial charge on any atom is 0.181 e. The highest BCUT2D eigenvalue weighted by Gasteiger charge is 2.15. The smallest absolute Gasteiger partial charge is 0.181 e. The normalized spacial score (nSPS) is 11.4. The highest BCUT2D eigenvalue weighted by Crippen LogP contribution is 2.33. The lowest BCUT2D eigenvalue weighted by molar-refractivity contribution is 0.628. The van der Waals surface area contributed by atoms with Gasteiger partial charge in [-0.15, -0.1) is 0 Å². The SMILES string of the molecule is Fc1cccc(-c2ccnc3[nH]c(-c4[nH]nc5ncc(-c6ccccn6)cc45)cc23)c1. The maximum atomic E-state index is 13.8. The molecular formula is C24H15FN6. The minimum atomic E-state index is -0.272. The van der Waals surface area contributed by atoms with Gasteiger partial charge in [-0.25, -0.2) is 14.4 Å². The molecule has 5 heterocycles. The van der Waals surface area contributed by atoms with Gasteiger partial charge in [0.25, 0.3) is 0 Å². The van der Waals surface area contributed by atoms with Crippen molar-refractivity contribution < 1.29 is 4.39 Å². The number of hydrogen-bond acceptors (Lipinski definition) is 4. The number of rotatable bonds is 3. The van der Waals surface area contributed by atoms with Gasteiger partial charge in [-0.1, -0.05) is 18.2 Å². The minimum Gasteiger partial charge on any atom is -0.338 e. The van der Waals surface area contributed by atoms with Crippen molar-refractivity contribution in [3.05, 3.63) is 85.1 Å². The van der Waals surface area contributed by atoms with Crippen LogP contribution in [0.4, 0.5) is 4.39 Å². The fourth-order valence-corrected chi connectivity index (χ4v) is 3.85. The molecule has 148 valence electrons. The van der Waals surface area contributed by atoms with Crippen molar-refractivity contribution in [2.75, 3.05) is 0 Å². The van der Waals surface area contributed by atoms with Gasteiger partial charge in [0.15, 0.2) is 5.65 Å². The second-order valence-corrected chi connectivity index (χ2v) is 7.22. The number of benzene rings is 1. The van der Waals surface area contributed by atoms with Gasteiger partial charge >= 0.3 is 0 Å². The lowest BCUT2D eigenvalue weighted by Crippen LogP contribution is -1.85. The molecule has 0 bridgehead atoms. The average Bonchev–Trinajstić information content (AvgIpc) is 3.43. The predicted octanol–water partition coefficient (Wildman–Crippen LogP) is 5.37. The van der Waals surface area contributed by atoms with E-state index >= 15 is 0 Å². The molecule has 2 N–H and O–H groups in total. The summed E-state index contributed by atoms with van der Waals surface area (Å²) in [5.41, 5.74) is 6.42. The van der Waals surface area contributed by atoms with Gasteiger partial charge in [-0.05, 0) is 53.6 Å². The van der Waals surface area contributed by atoms with Crippen molar-refractivity contribution in [3.63, 3.8) is 0 Å². The van der Waals surface area contributed by atoms with Gasteiger partial charge < -0.3 is 4.98 Å². The Kier molecular flexibility index (Phi) is 3.86. The Balaban J connectivity index is 1.52. The quantitative estimate of drug-likeness (QED) is 0.414. The molecule has 0 amide bonds. The topological polar surface area (TPSA) is 83.1 Å². The van der Waals surface area contributed by atoms with Gasteiger partial charge in [0.2, 0.25) is 0 Å². The summed E-state index contributed by atoms with van der Waals surface area (Å²) >= 11 is 0. The van der Waals surface area contributed by atoms with Crippen LogP contribution in [0.15, 0.2) is 79.3 Å². The summed E-state index contributed by atoms with van der Waals surface area (Å²) in [6.07, 6.45) is 5.24. The fraction of sp³-hybridized carbons (Fsp3) is 0. The zero-order valence-corrected chi connectivity index (χ0v) is 16.2. The zero-order valence-electron chi connectivity index (χ0n) is 16.2. The molecule has 0 saturated carbocycles. The Morgan fingerprint density at radius 1 is 0.774 bits per heavy atom. The van der Waals surface area contributed by atoms with Gasteiger partial charge in [0.1, 0.15) is 11.5 Å². The zero-order chi connectivity index (χ0) is 20.8. The van der Waals surface area contributed by atoms with Gasteiger partial charge in [-0.2, -0.15) is 5.10 Å². The standard InChI is InChI=1S/C24H15FN6/c25-16-5-3-4-14(10-16)17-7-9-27-23-18(17)12-21(29-23)22-19-11-15(13-28-24(19)31-30-22)20-6-1-2-8-26-20/h1-13H,(H,27,29)(H,28,30,31). The van der Waals surface area contributed by atoms with E-state index in [1.165, 1.54) is 12.1 Å². The number of aromatic nitrogens is 6. The molecule has 6 aromatic rings. The number of nitrogens with one attached hydrogen (secondary N) is 2. The van der Waals surface area contributed by atoms with E-state index in [2.05, 4.69) is 30.1 Å². The van der Waals surface area contributed by atoms with Crippen molar-refractivity contribution in [2.24, 2.45) is 0 Å². The lowest BCUT2D eigenvalue weighted by atomic mass is 10.0. The van der Waals surface area contributed by atoms with Crippen LogP contribution in [-0.4, -0.2) is 30.1 Å². The van der Waals surface area contributed by atoms with Crippen LogP contribution >= 0.6 is 0 Å². The molecule has 0 aliphatic heterocycles. The molecule has 0 atom stereocenters. The monoisotopic (exact) mass is 406 g/mol. The molecule has 7 heteroatoms. The Bertz CT molecular complexity index is 1550. The van der Waals surface area contributed by atoms with E-state index < -0.39 is 0 Å². The number of fused-ring (bicyclic) bond motifs is 2. The van der Waals surface area contributed by atoms with Gasteiger partial charge in [0, 0.05) is 34.9 Å². The largest absolute Gasteiger partial charge is 0.338 e. The van der Waals surface area contributed by atoms with Crippen molar-refractivity contribution in [1.82, 2.24) is 30.1 Å². The Morgan fingerprint density at radius 2 is 1.74 bits per heavy atom. The van der Waals surface area contributed by atoms with Crippen LogP contribution in [0.2, 0.25) is 0 Å². The molecule has 6 rings (SSSR count). The van der Waals surface area contributed by atoms with Gasteiger partial charge in [0.05, 0.1) is 17.1 Å². The summed E-state index contributed by atoms with van der Waals surface area (Å²) in [6.45, 7) is 0. The second-order valence-electron chi connectivity index (χ2n) is 7.22. The third kappa shape index (κ3) is 2.95. The van der Waals surface area contributed by atoms with Crippen LogP contribution in [0.5, 0.6) is 0 Å². The molecular weight excluding hydrogens is 391 g/mol. The van der Waals surface area contributed by atoms with Crippen molar-refractivity contribution in [3.8, 4) is 33.8 Å². The van der Waals surface area contributed by atoms with Crippen LogP contribution in [-0.2, 0) is 0 Å².